The molecule has 2 unspecified atom stereocenters. The smallest absolute Gasteiger partial charge is 0.279 e. The number of piperidine rings is 1. The van der Waals surface area contributed by atoms with E-state index < -0.39 is 10.2 Å². The Balaban J connectivity index is 2.53. The molecule has 1 rings (SSSR count). The first-order valence-electron chi connectivity index (χ1n) is 7.51. The minimum absolute atomic E-state index is 0.0965. The van der Waals surface area contributed by atoms with Crippen molar-refractivity contribution in [3.8, 4) is 0 Å². The van der Waals surface area contributed by atoms with E-state index in [4.69, 9.17) is 0 Å². The van der Waals surface area contributed by atoms with Gasteiger partial charge in [-0.15, -0.1) is 0 Å². The van der Waals surface area contributed by atoms with Crippen LogP contribution >= 0.6 is 11.8 Å². The van der Waals surface area contributed by atoms with Crippen LogP contribution in [0.3, 0.4) is 0 Å². The van der Waals surface area contributed by atoms with Crippen molar-refractivity contribution in [2.24, 2.45) is 0 Å². The Morgan fingerprint density at radius 2 is 2.15 bits per heavy atom. The summed E-state index contributed by atoms with van der Waals surface area (Å²) in [6, 6.07) is 0.0965. The van der Waals surface area contributed by atoms with Crippen molar-refractivity contribution in [2.45, 2.75) is 50.8 Å². The van der Waals surface area contributed by atoms with Gasteiger partial charge in [0.05, 0.1) is 0 Å². The van der Waals surface area contributed by atoms with Crippen molar-refractivity contribution in [3.63, 3.8) is 0 Å². The Hall–Kier alpha value is 0.180. The van der Waals surface area contributed by atoms with Gasteiger partial charge in [0.1, 0.15) is 0 Å². The number of thioether (sulfide) groups is 1. The molecule has 0 radical (unpaired) electrons. The average Bonchev–Trinajstić information content (AvgIpc) is 2.45. The van der Waals surface area contributed by atoms with Crippen LogP contribution in [0.2, 0.25) is 0 Å². The molecule has 20 heavy (non-hydrogen) atoms. The maximum Gasteiger partial charge on any atom is 0.279 e. The summed E-state index contributed by atoms with van der Waals surface area (Å²) in [5, 5.41) is 3.75. The summed E-state index contributed by atoms with van der Waals surface area (Å²) in [5.41, 5.74) is 0. The third-order valence-electron chi connectivity index (χ3n) is 3.75. The van der Waals surface area contributed by atoms with E-state index in [2.05, 4.69) is 23.2 Å². The first kappa shape index (κ1) is 18.2. The van der Waals surface area contributed by atoms with E-state index in [1.54, 1.807) is 16.1 Å². The summed E-state index contributed by atoms with van der Waals surface area (Å²) in [6.45, 7) is 6.96. The maximum absolute atomic E-state index is 12.4. The summed E-state index contributed by atoms with van der Waals surface area (Å²) in [4.78, 5) is 0. The zero-order valence-electron chi connectivity index (χ0n) is 12.9. The molecule has 1 heterocycles. The van der Waals surface area contributed by atoms with Crippen LogP contribution in [0, 0.1) is 0 Å². The van der Waals surface area contributed by atoms with Crippen LogP contribution in [0.5, 0.6) is 0 Å². The van der Waals surface area contributed by atoms with Gasteiger partial charge in [-0.1, -0.05) is 20.3 Å². The van der Waals surface area contributed by atoms with Gasteiger partial charge in [0, 0.05) is 30.9 Å². The van der Waals surface area contributed by atoms with Crippen molar-refractivity contribution >= 4 is 22.0 Å². The van der Waals surface area contributed by atoms with Gasteiger partial charge in [-0.05, 0) is 32.1 Å². The van der Waals surface area contributed by atoms with E-state index in [0.717, 1.165) is 38.8 Å². The van der Waals surface area contributed by atoms with E-state index in [1.807, 2.05) is 6.92 Å². The van der Waals surface area contributed by atoms with Crippen molar-refractivity contribution in [2.75, 3.05) is 32.4 Å². The highest BCUT2D eigenvalue weighted by molar-refractivity contribution is 7.99. The quantitative estimate of drug-likeness (QED) is 0.674. The summed E-state index contributed by atoms with van der Waals surface area (Å²) in [7, 11) is -3.33. The predicted molar refractivity (Wildman–Crippen MR) is 87.4 cm³/mol. The monoisotopic (exact) mass is 323 g/mol. The Kier molecular flexibility index (Phi) is 8.43. The lowest BCUT2D eigenvalue weighted by Gasteiger charge is -2.34. The predicted octanol–water partition coefficient (Wildman–Crippen LogP) is 1.43. The summed E-state index contributed by atoms with van der Waals surface area (Å²) in [5.74, 6) is 0. The third kappa shape index (κ3) is 5.89. The zero-order chi connectivity index (χ0) is 15.0. The van der Waals surface area contributed by atoms with Crippen LogP contribution in [0.4, 0.5) is 0 Å². The van der Waals surface area contributed by atoms with Crippen molar-refractivity contribution in [3.05, 3.63) is 0 Å². The average molecular weight is 324 g/mol. The molecule has 120 valence electrons. The second-order valence-electron chi connectivity index (χ2n) is 5.30. The number of rotatable bonds is 9. The lowest BCUT2D eigenvalue weighted by atomic mass is 10.1. The lowest BCUT2D eigenvalue weighted by molar-refractivity contribution is 0.244. The van der Waals surface area contributed by atoms with Crippen LogP contribution in [-0.2, 0) is 10.2 Å². The summed E-state index contributed by atoms with van der Waals surface area (Å²) in [6.07, 6.45) is 5.95. The summed E-state index contributed by atoms with van der Waals surface area (Å²) < 4.78 is 29.2. The molecule has 0 spiro atoms. The molecule has 0 bridgehead atoms. The molecular weight excluding hydrogens is 294 g/mol. The normalized spacial score (nSPS) is 22.9. The highest BCUT2D eigenvalue weighted by atomic mass is 32.2. The highest BCUT2D eigenvalue weighted by Crippen LogP contribution is 2.19. The fourth-order valence-corrected chi connectivity index (χ4v) is 4.23. The molecule has 5 nitrogen and oxygen atoms in total. The number of hydrogen-bond donors (Lipinski definition) is 2. The van der Waals surface area contributed by atoms with E-state index in [0.29, 0.717) is 18.3 Å². The second-order valence-corrected chi connectivity index (χ2v) is 8.29. The molecule has 0 aromatic heterocycles. The fraction of sp³-hybridized carbons (Fsp3) is 1.00. The molecule has 0 aromatic rings. The molecule has 1 aliphatic heterocycles. The zero-order valence-corrected chi connectivity index (χ0v) is 14.5. The van der Waals surface area contributed by atoms with Crippen LogP contribution in [-0.4, -0.2) is 56.4 Å². The van der Waals surface area contributed by atoms with Crippen molar-refractivity contribution in [1.82, 2.24) is 14.3 Å². The maximum atomic E-state index is 12.4. The number of nitrogens with zero attached hydrogens (tertiary/aromatic N) is 1. The van der Waals surface area contributed by atoms with E-state index in [-0.39, 0.29) is 6.04 Å². The molecule has 2 N–H and O–H groups in total. The van der Waals surface area contributed by atoms with Gasteiger partial charge in [0.25, 0.3) is 10.2 Å². The van der Waals surface area contributed by atoms with Gasteiger partial charge in [0.15, 0.2) is 0 Å². The topological polar surface area (TPSA) is 61.4 Å². The van der Waals surface area contributed by atoms with Gasteiger partial charge in [-0.25, -0.2) is 4.72 Å². The van der Waals surface area contributed by atoms with Crippen LogP contribution in [0.15, 0.2) is 0 Å². The number of nitrogens with one attached hydrogen (secondary N) is 2. The van der Waals surface area contributed by atoms with Gasteiger partial charge >= 0.3 is 0 Å². The van der Waals surface area contributed by atoms with E-state index >= 15 is 0 Å². The lowest BCUT2D eigenvalue weighted by Crippen LogP contribution is -2.52. The molecule has 1 saturated heterocycles. The first-order valence-corrected chi connectivity index (χ1v) is 10.2. The minimum Gasteiger partial charge on any atom is -0.315 e. The molecule has 0 aromatic carbocycles. The molecule has 2 atom stereocenters. The van der Waals surface area contributed by atoms with Gasteiger partial charge in [-0.2, -0.15) is 24.5 Å². The van der Waals surface area contributed by atoms with Crippen molar-refractivity contribution in [1.29, 1.82) is 0 Å². The molecule has 1 aliphatic rings. The van der Waals surface area contributed by atoms with E-state index in [1.165, 1.54) is 0 Å². The third-order valence-corrected chi connectivity index (χ3v) is 6.46. The molecule has 0 saturated carbocycles. The van der Waals surface area contributed by atoms with Crippen molar-refractivity contribution < 1.29 is 8.42 Å². The SMILES string of the molecule is CCNCC1CCCCN1S(=O)(=O)NCCC(C)SC. The minimum atomic E-state index is -3.33. The highest BCUT2D eigenvalue weighted by Gasteiger charge is 2.31. The first-order chi connectivity index (χ1) is 9.51. The van der Waals surface area contributed by atoms with Crippen LogP contribution in [0.25, 0.3) is 0 Å². The Bertz CT molecular complexity index is 363. The molecule has 0 aliphatic carbocycles. The number of likely N-dealkylation sites (N-methyl/N-ethyl adjacent to an activating group) is 1. The van der Waals surface area contributed by atoms with Gasteiger partial charge in [0.2, 0.25) is 0 Å². The standard InChI is InChI=1S/C13H29N3O2S2/c1-4-14-11-13-7-5-6-10-16(13)20(17,18)15-9-8-12(2)19-3/h12-15H,4-11H2,1-3H3. The fourth-order valence-electron chi connectivity index (χ4n) is 2.40. The van der Waals surface area contributed by atoms with Gasteiger partial charge < -0.3 is 5.32 Å². The Morgan fingerprint density at radius 3 is 2.80 bits per heavy atom. The molecule has 1 fully saturated rings. The van der Waals surface area contributed by atoms with Gasteiger partial charge in [-0.3, -0.25) is 0 Å². The molecule has 0 amide bonds. The largest absolute Gasteiger partial charge is 0.315 e. The summed E-state index contributed by atoms with van der Waals surface area (Å²) >= 11 is 1.76. The number of hydrogen-bond acceptors (Lipinski definition) is 4. The Labute approximate surface area is 128 Å². The molecular formula is C13H29N3O2S2. The molecule has 7 heteroatoms. The second kappa shape index (κ2) is 9.25. The van der Waals surface area contributed by atoms with E-state index in [9.17, 15) is 8.42 Å². The Morgan fingerprint density at radius 1 is 1.40 bits per heavy atom. The van der Waals surface area contributed by atoms with Crippen LogP contribution < -0.4 is 10.0 Å². The van der Waals surface area contributed by atoms with Crippen LogP contribution in [0.1, 0.15) is 39.5 Å².